The Morgan fingerprint density at radius 3 is 2.67 bits per heavy atom. The lowest BCUT2D eigenvalue weighted by Gasteiger charge is -2.07. The largest absolute Gasteiger partial charge is 0.386 e. The van der Waals surface area contributed by atoms with E-state index in [1.165, 1.54) is 6.08 Å². The van der Waals surface area contributed by atoms with Gasteiger partial charge in [-0.3, -0.25) is 9.78 Å². The number of anilines is 2. The summed E-state index contributed by atoms with van der Waals surface area (Å²) in [5.74, 6) is -0.246. The molecule has 82 valence electrons. The number of hydrogen-bond acceptors (Lipinski definition) is 3. The fourth-order valence-electron chi connectivity index (χ4n) is 0.896. The summed E-state index contributed by atoms with van der Waals surface area (Å²) in [5, 5.41) is 5.57. The molecule has 2 N–H and O–H groups in total. The zero-order valence-electron chi connectivity index (χ0n) is 9.37. The second-order valence-electron chi connectivity index (χ2n) is 2.36. The minimum Gasteiger partial charge on any atom is -0.386 e. The highest BCUT2D eigenvalue weighted by atomic mass is 16.1. The second-order valence-corrected chi connectivity index (χ2v) is 2.36. The maximum atomic E-state index is 11.0. The predicted octanol–water partition coefficient (Wildman–Crippen LogP) is 2.27. The molecule has 1 heterocycles. The fraction of sp³-hybridized carbons (Fsp3) is 0.273. The van der Waals surface area contributed by atoms with E-state index in [1.54, 1.807) is 25.5 Å². The van der Waals surface area contributed by atoms with Crippen molar-refractivity contribution in [1.29, 1.82) is 0 Å². The number of nitrogens with zero attached hydrogens (tertiary/aromatic N) is 1. The van der Waals surface area contributed by atoms with Crippen molar-refractivity contribution in [2.75, 3.05) is 17.7 Å². The number of carbonyl (C=O) groups excluding carboxylic acids is 1. The van der Waals surface area contributed by atoms with Gasteiger partial charge in [0.15, 0.2) is 0 Å². The summed E-state index contributed by atoms with van der Waals surface area (Å²) in [6, 6.07) is 1.78. The number of carbonyl (C=O) groups is 1. The van der Waals surface area contributed by atoms with E-state index in [-0.39, 0.29) is 5.91 Å². The summed E-state index contributed by atoms with van der Waals surface area (Å²) < 4.78 is 0. The van der Waals surface area contributed by atoms with Gasteiger partial charge < -0.3 is 10.6 Å². The first-order chi connectivity index (χ1) is 7.27. The first-order valence-electron chi connectivity index (χ1n) is 4.83. The van der Waals surface area contributed by atoms with Gasteiger partial charge in [-0.25, -0.2) is 0 Å². The molecule has 4 heteroatoms. The summed E-state index contributed by atoms with van der Waals surface area (Å²) >= 11 is 0. The standard InChI is InChI=1S/C9H11N3O.C2H6/c1-3-9(13)12-8-6-11-5-4-7(8)10-2;1-2/h3-6H,1H2,2H3,(H,10,11)(H,12,13);1-2H3. The van der Waals surface area contributed by atoms with E-state index < -0.39 is 0 Å². The lowest BCUT2D eigenvalue weighted by Crippen LogP contribution is -2.09. The van der Waals surface area contributed by atoms with Gasteiger partial charge in [0, 0.05) is 13.2 Å². The van der Waals surface area contributed by atoms with Gasteiger partial charge in [-0.05, 0) is 12.1 Å². The Morgan fingerprint density at radius 1 is 1.47 bits per heavy atom. The Labute approximate surface area is 90.4 Å². The maximum Gasteiger partial charge on any atom is 0.247 e. The van der Waals surface area contributed by atoms with Crippen molar-refractivity contribution in [2.24, 2.45) is 0 Å². The molecule has 0 aliphatic carbocycles. The molecule has 0 bridgehead atoms. The zero-order valence-corrected chi connectivity index (χ0v) is 9.37. The molecule has 0 aromatic carbocycles. The average Bonchev–Trinajstić information content (AvgIpc) is 2.32. The van der Waals surface area contributed by atoms with Gasteiger partial charge in [0.25, 0.3) is 0 Å². The Balaban J connectivity index is 0.000000921. The van der Waals surface area contributed by atoms with Crippen LogP contribution in [0.5, 0.6) is 0 Å². The Morgan fingerprint density at radius 2 is 2.13 bits per heavy atom. The number of rotatable bonds is 3. The minimum atomic E-state index is -0.246. The number of aromatic nitrogens is 1. The van der Waals surface area contributed by atoms with Crippen LogP contribution in [0.2, 0.25) is 0 Å². The molecule has 0 saturated heterocycles. The summed E-state index contributed by atoms with van der Waals surface area (Å²) in [6.45, 7) is 7.36. The van der Waals surface area contributed by atoms with E-state index in [0.29, 0.717) is 5.69 Å². The normalized spacial score (nSPS) is 8.20. The lowest BCUT2D eigenvalue weighted by molar-refractivity contribution is -0.111. The smallest absolute Gasteiger partial charge is 0.247 e. The maximum absolute atomic E-state index is 11.0. The molecule has 1 rings (SSSR count). The van der Waals surface area contributed by atoms with Crippen molar-refractivity contribution in [2.45, 2.75) is 13.8 Å². The summed E-state index contributed by atoms with van der Waals surface area (Å²) in [5.41, 5.74) is 1.47. The number of hydrogen-bond donors (Lipinski definition) is 2. The van der Waals surface area contributed by atoms with Gasteiger partial charge in [-0.15, -0.1) is 0 Å². The highest BCUT2D eigenvalue weighted by Gasteiger charge is 2.01. The van der Waals surface area contributed by atoms with E-state index >= 15 is 0 Å². The van der Waals surface area contributed by atoms with Crippen LogP contribution in [0.4, 0.5) is 11.4 Å². The van der Waals surface area contributed by atoms with Crippen LogP contribution in [0.15, 0.2) is 31.1 Å². The molecule has 1 amide bonds. The molecule has 0 radical (unpaired) electrons. The average molecular weight is 207 g/mol. The zero-order chi connectivity index (χ0) is 11.7. The van der Waals surface area contributed by atoms with Crippen molar-refractivity contribution >= 4 is 17.3 Å². The van der Waals surface area contributed by atoms with Crippen molar-refractivity contribution in [1.82, 2.24) is 4.98 Å². The number of amides is 1. The van der Waals surface area contributed by atoms with Crippen LogP contribution >= 0.6 is 0 Å². The first-order valence-corrected chi connectivity index (χ1v) is 4.83. The first kappa shape index (κ1) is 13.2. The Kier molecular flexibility index (Phi) is 6.63. The van der Waals surface area contributed by atoms with Crippen LogP contribution in [0.25, 0.3) is 0 Å². The number of pyridine rings is 1. The van der Waals surface area contributed by atoms with Gasteiger partial charge in [-0.2, -0.15) is 0 Å². The topological polar surface area (TPSA) is 54.0 Å². The molecule has 0 aliphatic heterocycles. The van der Waals surface area contributed by atoms with Crippen LogP contribution in [-0.4, -0.2) is 17.9 Å². The van der Waals surface area contributed by atoms with Crippen LogP contribution in [-0.2, 0) is 4.79 Å². The van der Waals surface area contributed by atoms with Gasteiger partial charge in [0.1, 0.15) is 0 Å². The predicted molar refractivity (Wildman–Crippen MR) is 64.0 cm³/mol. The monoisotopic (exact) mass is 207 g/mol. The third-order valence-corrected chi connectivity index (χ3v) is 1.53. The highest BCUT2D eigenvalue weighted by molar-refractivity contribution is 6.00. The van der Waals surface area contributed by atoms with Crippen LogP contribution in [0, 0.1) is 0 Å². The molecule has 15 heavy (non-hydrogen) atoms. The van der Waals surface area contributed by atoms with Crippen LogP contribution in [0.1, 0.15) is 13.8 Å². The molecule has 0 aliphatic rings. The van der Waals surface area contributed by atoms with Gasteiger partial charge in [-0.1, -0.05) is 20.4 Å². The SMILES string of the molecule is C=CC(=O)Nc1cnccc1NC.CC. The number of nitrogens with one attached hydrogen (secondary N) is 2. The van der Waals surface area contributed by atoms with Crippen LogP contribution < -0.4 is 10.6 Å². The Bertz CT molecular complexity index is 323. The third-order valence-electron chi connectivity index (χ3n) is 1.53. The van der Waals surface area contributed by atoms with Gasteiger partial charge in [0.2, 0.25) is 5.91 Å². The molecule has 0 spiro atoms. The van der Waals surface area contributed by atoms with Gasteiger partial charge in [0.05, 0.1) is 17.6 Å². The molecule has 0 unspecified atom stereocenters. The molecule has 0 saturated carbocycles. The molecule has 1 aromatic heterocycles. The highest BCUT2D eigenvalue weighted by Crippen LogP contribution is 2.18. The minimum absolute atomic E-state index is 0.246. The summed E-state index contributed by atoms with van der Waals surface area (Å²) in [4.78, 5) is 14.9. The van der Waals surface area contributed by atoms with Crippen molar-refractivity contribution in [3.8, 4) is 0 Å². The molecule has 1 aromatic rings. The van der Waals surface area contributed by atoms with Crippen molar-refractivity contribution < 1.29 is 4.79 Å². The van der Waals surface area contributed by atoms with E-state index in [9.17, 15) is 4.79 Å². The summed E-state index contributed by atoms with van der Waals surface area (Å²) in [6.07, 6.45) is 4.44. The molecular formula is C11H17N3O. The molecular weight excluding hydrogens is 190 g/mol. The van der Waals surface area contributed by atoms with Crippen molar-refractivity contribution in [3.63, 3.8) is 0 Å². The van der Waals surface area contributed by atoms with Crippen molar-refractivity contribution in [3.05, 3.63) is 31.1 Å². The second kappa shape index (κ2) is 7.55. The third kappa shape index (κ3) is 4.26. The quantitative estimate of drug-likeness (QED) is 0.747. The fourth-order valence-corrected chi connectivity index (χ4v) is 0.896. The van der Waals surface area contributed by atoms with Gasteiger partial charge >= 0.3 is 0 Å². The Hall–Kier alpha value is -1.84. The van der Waals surface area contributed by atoms with E-state index in [4.69, 9.17) is 0 Å². The summed E-state index contributed by atoms with van der Waals surface area (Å²) in [7, 11) is 1.78. The van der Waals surface area contributed by atoms with E-state index in [1.807, 2.05) is 13.8 Å². The molecule has 0 fully saturated rings. The molecule has 0 atom stereocenters. The van der Waals surface area contributed by atoms with Crippen LogP contribution in [0.3, 0.4) is 0 Å². The van der Waals surface area contributed by atoms with E-state index in [0.717, 1.165) is 5.69 Å². The molecule has 4 nitrogen and oxygen atoms in total. The lowest BCUT2D eigenvalue weighted by atomic mass is 10.3. The van der Waals surface area contributed by atoms with E-state index in [2.05, 4.69) is 22.2 Å².